The smallest absolute Gasteiger partial charge is 0.235 e. The number of hydrogen-bond acceptors (Lipinski definition) is 6. The molecule has 7 nitrogen and oxygen atoms in total. The van der Waals surface area contributed by atoms with Crippen molar-refractivity contribution in [1.82, 2.24) is 10.9 Å². The molecule has 2 aliphatic carbocycles. The molecule has 1 spiro atoms. The maximum atomic E-state index is 13.1. The lowest BCUT2D eigenvalue weighted by atomic mass is 9.72. The van der Waals surface area contributed by atoms with E-state index in [1.54, 1.807) is 7.11 Å². The van der Waals surface area contributed by atoms with Crippen LogP contribution in [0.25, 0.3) is 0 Å². The van der Waals surface area contributed by atoms with Crippen molar-refractivity contribution < 1.29 is 14.6 Å². The molecule has 6 atom stereocenters. The lowest BCUT2D eigenvalue weighted by Crippen LogP contribution is -2.37. The number of fused-ring (bicyclic) bond motifs is 3. The van der Waals surface area contributed by atoms with Crippen LogP contribution in [0, 0.1) is 17.8 Å². The van der Waals surface area contributed by atoms with E-state index in [0.29, 0.717) is 29.8 Å². The summed E-state index contributed by atoms with van der Waals surface area (Å²) in [5.74, 6) is 2.54. The largest absolute Gasteiger partial charge is 0.497 e. The predicted octanol–water partition coefficient (Wildman–Crippen LogP) is 3.50. The van der Waals surface area contributed by atoms with Gasteiger partial charge in [0.1, 0.15) is 5.75 Å². The highest BCUT2D eigenvalue weighted by atomic mass is 16.5. The number of aliphatic hydroxyl groups is 1. The lowest BCUT2D eigenvalue weighted by Gasteiger charge is -2.34. The second kappa shape index (κ2) is 8.47. The Bertz CT molecular complexity index is 1160. The zero-order valence-electron chi connectivity index (χ0n) is 20.9. The van der Waals surface area contributed by atoms with E-state index in [2.05, 4.69) is 51.4 Å². The molecule has 190 valence electrons. The molecule has 1 amide bonds. The first-order valence-electron chi connectivity index (χ1n) is 13.6. The van der Waals surface area contributed by atoms with E-state index >= 15 is 0 Å². The molecule has 3 heterocycles. The molecule has 0 bridgehead atoms. The summed E-state index contributed by atoms with van der Waals surface area (Å²) in [7, 11) is 1.69. The van der Waals surface area contributed by atoms with Crippen molar-refractivity contribution in [2.45, 2.75) is 62.1 Å². The SMILES string of the molecule is COc1ccc2c(c1)[C@]1(C[C@H]1C1CCC3C(C1)NNC3c1ccc(N3CCC(O)CC3)cc1)C(=O)N2. The minimum Gasteiger partial charge on any atom is -0.497 e. The Morgan fingerprint density at radius 2 is 1.83 bits per heavy atom. The van der Waals surface area contributed by atoms with Crippen molar-refractivity contribution in [1.29, 1.82) is 0 Å². The van der Waals surface area contributed by atoms with Crippen molar-refractivity contribution in [3.05, 3.63) is 53.6 Å². The van der Waals surface area contributed by atoms with Crippen LogP contribution in [0.4, 0.5) is 11.4 Å². The maximum absolute atomic E-state index is 13.1. The number of methoxy groups -OCH3 is 1. The number of hydrazine groups is 1. The van der Waals surface area contributed by atoms with Gasteiger partial charge in [0.2, 0.25) is 5.91 Å². The number of nitrogens with one attached hydrogen (secondary N) is 3. The summed E-state index contributed by atoms with van der Waals surface area (Å²) in [5, 5.41) is 12.9. The van der Waals surface area contributed by atoms with Crippen LogP contribution >= 0.6 is 0 Å². The molecule has 2 saturated heterocycles. The maximum Gasteiger partial charge on any atom is 0.235 e. The van der Waals surface area contributed by atoms with E-state index in [0.717, 1.165) is 55.8 Å². The molecular weight excluding hydrogens is 452 g/mol. The number of carbonyl (C=O) groups excluding carboxylic acids is 1. The average molecular weight is 489 g/mol. The highest BCUT2D eigenvalue weighted by molar-refractivity contribution is 6.09. The van der Waals surface area contributed by atoms with E-state index in [1.165, 1.54) is 24.1 Å². The number of hydrogen-bond donors (Lipinski definition) is 4. The molecule has 2 saturated carbocycles. The summed E-state index contributed by atoms with van der Waals surface area (Å²) in [5.41, 5.74) is 11.6. The van der Waals surface area contributed by atoms with Gasteiger partial charge in [-0.2, -0.15) is 0 Å². The Kier molecular flexibility index (Phi) is 5.31. The summed E-state index contributed by atoms with van der Waals surface area (Å²) >= 11 is 0. The summed E-state index contributed by atoms with van der Waals surface area (Å²) in [6, 6.07) is 15.8. The molecule has 2 aromatic carbocycles. The van der Waals surface area contributed by atoms with Crippen LogP contribution in [0.15, 0.2) is 42.5 Å². The van der Waals surface area contributed by atoms with Gasteiger partial charge in [-0.25, -0.2) is 5.43 Å². The van der Waals surface area contributed by atoms with Crippen LogP contribution in [-0.2, 0) is 10.2 Å². The number of amides is 1. The molecule has 3 aliphatic heterocycles. The molecule has 0 aromatic heterocycles. The van der Waals surface area contributed by atoms with Crippen LogP contribution < -0.4 is 25.8 Å². The van der Waals surface area contributed by atoms with Gasteiger partial charge in [0.05, 0.1) is 24.7 Å². The van der Waals surface area contributed by atoms with Crippen LogP contribution in [0.5, 0.6) is 5.75 Å². The van der Waals surface area contributed by atoms with Crippen molar-refractivity contribution in [2.75, 3.05) is 30.4 Å². The number of benzene rings is 2. The number of carbonyl (C=O) groups is 1. The van der Waals surface area contributed by atoms with Gasteiger partial charge in [-0.3, -0.25) is 10.2 Å². The van der Waals surface area contributed by atoms with Crippen molar-refractivity contribution in [3.63, 3.8) is 0 Å². The topological polar surface area (TPSA) is 85.9 Å². The fourth-order valence-corrected chi connectivity index (χ4v) is 7.72. The molecule has 4 unspecified atom stereocenters. The molecule has 7 heteroatoms. The molecule has 4 N–H and O–H groups in total. The Morgan fingerprint density at radius 3 is 2.61 bits per heavy atom. The standard InChI is InChI=1S/C29H36N4O3/c1-36-21-7-9-25-23(15-21)29(28(35)30-25)16-24(29)18-4-8-22-26(14-18)31-32-27(22)17-2-5-19(6-3-17)33-12-10-20(34)11-13-33/h2-3,5-7,9,15,18,20,22,24,26-27,31-32,34H,4,8,10-14,16H2,1H3,(H,30,35)/t18?,22?,24-,26?,27?,29-/m0/s1. The third-order valence-corrected chi connectivity index (χ3v) is 9.82. The number of ether oxygens (including phenoxy) is 1. The van der Waals surface area contributed by atoms with Crippen LogP contribution in [0.1, 0.15) is 55.7 Å². The summed E-state index contributed by atoms with van der Waals surface area (Å²) in [4.78, 5) is 15.5. The minimum absolute atomic E-state index is 0.146. The van der Waals surface area contributed by atoms with E-state index < -0.39 is 0 Å². The average Bonchev–Trinajstić information content (AvgIpc) is 3.44. The molecule has 2 aromatic rings. The Balaban J connectivity index is 1.03. The van der Waals surface area contributed by atoms with Gasteiger partial charge in [-0.15, -0.1) is 0 Å². The van der Waals surface area contributed by atoms with Gasteiger partial charge in [0, 0.05) is 30.5 Å². The van der Waals surface area contributed by atoms with E-state index in [-0.39, 0.29) is 17.4 Å². The minimum atomic E-state index is -0.354. The van der Waals surface area contributed by atoms with E-state index in [4.69, 9.17) is 4.74 Å². The third kappa shape index (κ3) is 3.47. The van der Waals surface area contributed by atoms with Gasteiger partial charge in [-0.1, -0.05) is 12.1 Å². The number of rotatable bonds is 4. The first kappa shape index (κ1) is 22.6. The zero-order valence-corrected chi connectivity index (χ0v) is 20.9. The molecule has 4 fully saturated rings. The molecule has 36 heavy (non-hydrogen) atoms. The first-order valence-corrected chi connectivity index (χ1v) is 13.6. The van der Waals surface area contributed by atoms with Gasteiger partial charge in [-0.05, 0) is 97.7 Å². The number of nitrogens with zero attached hydrogens (tertiary/aromatic N) is 1. The van der Waals surface area contributed by atoms with Crippen LogP contribution in [0.2, 0.25) is 0 Å². The van der Waals surface area contributed by atoms with Gasteiger partial charge in [0.15, 0.2) is 0 Å². The molecule has 0 radical (unpaired) electrons. The van der Waals surface area contributed by atoms with Crippen molar-refractivity contribution >= 4 is 17.3 Å². The van der Waals surface area contributed by atoms with Crippen LogP contribution in [0.3, 0.4) is 0 Å². The number of aliphatic hydroxyl groups excluding tert-OH is 1. The first-order chi connectivity index (χ1) is 17.6. The monoisotopic (exact) mass is 488 g/mol. The normalized spacial score (nSPS) is 35.4. The molecule has 5 aliphatic rings. The van der Waals surface area contributed by atoms with Gasteiger partial charge in [0.25, 0.3) is 0 Å². The molecule has 7 rings (SSSR count). The second-order valence-corrected chi connectivity index (χ2v) is 11.6. The quantitative estimate of drug-likeness (QED) is 0.527. The number of piperidine rings is 1. The van der Waals surface area contributed by atoms with Crippen LogP contribution in [-0.4, -0.2) is 43.4 Å². The van der Waals surface area contributed by atoms with Gasteiger partial charge < -0.3 is 20.1 Å². The van der Waals surface area contributed by atoms with Crippen molar-refractivity contribution in [3.8, 4) is 5.75 Å². The lowest BCUT2D eigenvalue weighted by molar-refractivity contribution is -0.118. The van der Waals surface area contributed by atoms with E-state index in [9.17, 15) is 9.90 Å². The number of anilines is 2. The third-order valence-electron chi connectivity index (χ3n) is 9.82. The fraction of sp³-hybridized carbons (Fsp3) is 0.552. The Hall–Kier alpha value is -2.61. The fourth-order valence-electron chi connectivity index (χ4n) is 7.72. The zero-order chi connectivity index (χ0) is 24.4. The summed E-state index contributed by atoms with van der Waals surface area (Å²) in [6.07, 6.45) is 5.97. The highest BCUT2D eigenvalue weighted by Crippen LogP contribution is 2.65. The molecular formula is C29H36N4O3. The van der Waals surface area contributed by atoms with Gasteiger partial charge >= 0.3 is 0 Å². The summed E-state index contributed by atoms with van der Waals surface area (Å²) < 4.78 is 5.46. The highest BCUT2D eigenvalue weighted by Gasteiger charge is 2.67. The Morgan fingerprint density at radius 1 is 1.03 bits per heavy atom. The van der Waals surface area contributed by atoms with Crippen molar-refractivity contribution in [2.24, 2.45) is 17.8 Å². The van der Waals surface area contributed by atoms with E-state index in [1.807, 2.05) is 12.1 Å². The second-order valence-electron chi connectivity index (χ2n) is 11.6. The Labute approximate surface area is 212 Å². The predicted molar refractivity (Wildman–Crippen MR) is 139 cm³/mol. The summed E-state index contributed by atoms with van der Waals surface area (Å²) in [6.45, 7) is 1.85.